The van der Waals surface area contributed by atoms with Gasteiger partial charge in [-0.1, -0.05) is 79.1 Å². The van der Waals surface area contributed by atoms with Crippen molar-refractivity contribution in [1.82, 2.24) is 0 Å². The summed E-state index contributed by atoms with van der Waals surface area (Å²) in [5.41, 5.74) is 1.82. The number of hydrogen-bond acceptors (Lipinski definition) is 10. The fourth-order valence-corrected chi connectivity index (χ4v) is 23.6. The molecular weight excluding hydrogens is 877 g/mol. The molecule has 1 aliphatic heterocycles. The van der Waals surface area contributed by atoms with E-state index in [2.05, 4.69) is 101 Å². The minimum absolute atomic E-state index is 0.171. The summed E-state index contributed by atoms with van der Waals surface area (Å²) < 4.78 is 0. The fraction of sp³-hybridized carbons (Fsp3) is 0.360. The molecule has 0 bridgehead atoms. The molecule has 0 fully saturated rings. The van der Waals surface area contributed by atoms with E-state index in [1.165, 1.54) is 102 Å². The Morgan fingerprint density at radius 1 is 0.492 bits per heavy atom. The van der Waals surface area contributed by atoms with Crippen molar-refractivity contribution in [2.75, 3.05) is 0 Å². The van der Waals surface area contributed by atoms with E-state index in [4.69, 9.17) is 0 Å². The second kappa shape index (κ2) is 19.9. The predicted octanol–water partition coefficient (Wildman–Crippen LogP) is 16.3. The molecule has 2 unspecified atom stereocenters. The Bertz CT molecular complexity index is 2550. The highest BCUT2D eigenvalue weighted by atomic mass is 32.1. The van der Waals surface area contributed by atoms with Crippen molar-refractivity contribution >= 4 is 97.6 Å². The summed E-state index contributed by atoms with van der Waals surface area (Å²) in [6.07, 6.45) is 10.1. The normalized spacial score (nSPS) is 13.3. The van der Waals surface area contributed by atoms with Crippen LogP contribution in [0.5, 0.6) is 0 Å². The van der Waals surface area contributed by atoms with Crippen molar-refractivity contribution in [1.29, 1.82) is 21.0 Å². The molecule has 61 heavy (non-hydrogen) atoms. The number of fused-ring (bicyclic) bond motifs is 3. The summed E-state index contributed by atoms with van der Waals surface area (Å²) in [5.74, 6) is 1.42. The van der Waals surface area contributed by atoms with Crippen molar-refractivity contribution in [2.24, 2.45) is 11.8 Å². The Labute approximate surface area is 387 Å². The largest absolute Gasteiger partial charge is 0.192 e. The molecule has 7 heterocycles. The molecule has 0 amide bonds. The average Bonchev–Trinajstić information content (AvgIpc) is 4.12. The standard InChI is InChI=1S/C50H50N4S6Si/c1-7-11-13-33(9-3)29-61(30-34(10-4)14-12-8-2)47-23-45(43-21-19-41(57-43)39-17-15-37(55-39)31(5)35(25-51)26-52)59-49(47)50-48(61)24-46(60-50)44-22-20-42(58-44)40-18-16-38(56-40)32(6)36(27-53)28-54/h15-24,33-34H,7-14,29-30H2,1-6H3. The Morgan fingerprint density at radius 2 is 0.836 bits per heavy atom. The Hall–Kier alpha value is -4.14. The van der Waals surface area contributed by atoms with Gasteiger partial charge in [-0.3, -0.25) is 0 Å². The van der Waals surface area contributed by atoms with Gasteiger partial charge in [-0.15, -0.1) is 68.0 Å². The lowest BCUT2D eigenvalue weighted by atomic mass is 10.0. The van der Waals surface area contributed by atoms with Crippen molar-refractivity contribution < 1.29 is 0 Å². The third-order valence-corrected chi connectivity index (χ3v) is 26.0. The highest BCUT2D eigenvalue weighted by molar-refractivity contribution is 7.34. The van der Waals surface area contributed by atoms with Gasteiger partial charge in [0.05, 0.1) is 0 Å². The minimum atomic E-state index is -2.22. The highest BCUT2D eigenvalue weighted by Gasteiger charge is 2.50. The van der Waals surface area contributed by atoms with E-state index in [0.29, 0.717) is 11.8 Å². The molecule has 11 heteroatoms. The van der Waals surface area contributed by atoms with Gasteiger partial charge in [0, 0.05) is 58.5 Å². The number of rotatable bonds is 18. The molecule has 6 aromatic rings. The van der Waals surface area contributed by atoms with Gasteiger partial charge in [0.2, 0.25) is 0 Å². The number of allylic oxidation sites excluding steroid dienone is 4. The molecule has 0 aromatic carbocycles. The number of nitrogens with zero attached hydrogens (tertiary/aromatic N) is 4. The summed E-state index contributed by atoms with van der Waals surface area (Å²) in [6.45, 7) is 13.2. The highest BCUT2D eigenvalue weighted by Crippen LogP contribution is 2.51. The molecule has 7 rings (SSSR count). The zero-order chi connectivity index (χ0) is 43.3. The first-order chi connectivity index (χ1) is 29.6. The summed E-state index contributed by atoms with van der Waals surface area (Å²) in [4.78, 5) is 15.1. The lowest BCUT2D eigenvalue weighted by Crippen LogP contribution is -2.56. The number of thiophene rings is 6. The van der Waals surface area contributed by atoms with Gasteiger partial charge >= 0.3 is 0 Å². The van der Waals surface area contributed by atoms with Crippen molar-refractivity contribution in [3.8, 4) is 73.0 Å². The first-order valence-electron chi connectivity index (χ1n) is 21.4. The van der Waals surface area contributed by atoms with E-state index in [9.17, 15) is 21.0 Å². The maximum Gasteiger partial charge on any atom is 0.133 e. The first kappa shape index (κ1) is 44.9. The summed E-state index contributed by atoms with van der Waals surface area (Å²) in [7, 11) is -2.22. The van der Waals surface area contributed by atoms with E-state index >= 15 is 0 Å². The van der Waals surface area contributed by atoms with Crippen LogP contribution >= 0.6 is 68.0 Å². The molecule has 1 aliphatic rings. The minimum Gasteiger partial charge on any atom is -0.192 e. The maximum atomic E-state index is 9.47. The predicted molar refractivity (Wildman–Crippen MR) is 270 cm³/mol. The second-order valence-corrected chi connectivity index (χ2v) is 26.6. The van der Waals surface area contributed by atoms with E-state index in [-0.39, 0.29) is 11.1 Å². The average molecular weight is 927 g/mol. The monoisotopic (exact) mass is 926 g/mol. The third kappa shape index (κ3) is 9.04. The number of nitriles is 4. The van der Waals surface area contributed by atoms with Crippen molar-refractivity contribution in [3.63, 3.8) is 0 Å². The Morgan fingerprint density at radius 3 is 1.18 bits per heavy atom. The summed E-state index contributed by atoms with van der Waals surface area (Å²) >= 11 is 11.0. The SMILES string of the molecule is CCCCC(CC)C[Si]1(CC(CC)CCCC)c2cc(-c3ccc(-c4ccc(C(C)=C(C#N)C#N)s4)s3)sc2-c2sc(-c3ccc(-c4ccc(C(C)=C(C#N)C#N)s4)s3)cc21. The van der Waals surface area contributed by atoms with Gasteiger partial charge in [0.25, 0.3) is 0 Å². The van der Waals surface area contributed by atoms with Gasteiger partial charge in [-0.05, 0) is 120 Å². The van der Waals surface area contributed by atoms with E-state index < -0.39 is 8.07 Å². The van der Waals surface area contributed by atoms with Crippen LogP contribution in [0.4, 0.5) is 0 Å². The van der Waals surface area contributed by atoms with Crippen LogP contribution in [0.1, 0.15) is 103 Å². The van der Waals surface area contributed by atoms with Crippen LogP contribution in [-0.4, -0.2) is 8.07 Å². The third-order valence-electron chi connectivity index (χ3n) is 12.4. The van der Waals surface area contributed by atoms with E-state index in [1.54, 1.807) is 33.0 Å². The van der Waals surface area contributed by atoms with Crippen LogP contribution in [0.2, 0.25) is 12.1 Å². The molecule has 0 radical (unpaired) electrons. The molecule has 4 nitrogen and oxygen atoms in total. The van der Waals surface area contributed by atoms with E-state index in [1.807, 2.05) is 71.3 Å². The Balaban J connectivity index is 1.32. The van der Waals surface area contributed by atoms with Gasteiger partial charge in [-0.2, -0.15) is 21.0 Å². The van der Waals surface area contributed by atoms with Crippen molar-refractivity contribution in [3.05, 3.63) is 81.6 Å². The fourth-order valence-electron chi connectivity index (χ4n) is 8.79. The van der Waals surface area contributed by atoms with Crippen molar-refractivity contribution in [2.45, 2.75) is 105 Å². The number of unbranched alkanes of at least 4 members (excludes halogenated alkanes) is 2. The molecule has 0 spiro atoms. The van der Waals surface area contributed by atoms with Crippen LogP contribution < -0.4 is 10.4 Å². The molecule has 0 N–H and O–H groups in total. The van der Waals surface area contributed by atoms with Gasteiger partial charge in [0.15, 0.2) is 0 Å². The van der Waals surface area contributed by atoms with Gasteiger partial charge in [0.1, 0.15) is 43.5 Å². The van der Waals surface area contributed by atoms with E-state index in [0.717, 1.165) is 30.7 Å². The molecule has 6 aromatic heterocycles. The van der Waals surface area contributed by atoms with Gasteiger partial charge < -0.3 is 0 Å². The smallest absolute Gasteiger partial charge is 0.133 e. The zero-order valence-electron chi connectivity index (χ0n) is 35.7. The lowest BCUT2D eigenvalue weighted by molar-refractivity contribution is 0.469. The summed E-state index contributed by atoms with van der Waals surface area (Å²) in [5, 5.41) is 41.3. The van der Waals surface area contributed by atoms with Crippen LogP contribution in [-0.2, 0) is 0 Å². The van der Waals surface area contributed by atoms with Crippen LogP contribution in [0.25, 0.3) is 59.9 Å². The van der Waals surface area contributed by atoms with Crippen LogP contribution in [0, 0.1) is 57.2 Å². The Kier molecular flexibility index (Phi) is 14.7. The topological polar surface area (TPSA) is 95.2 Å². The number of hydrogen-bond donors (Lipinski definition) is 0. The van der Waals surface area contributed by atoms with Crippen LogP contribution in [0.15, 0.2) is 71.8 Å². The lowest BCUT2D eigenvalue weighted by Gasteiger charge is -2.35. The molecule has 310 valence electrons. The van der Waals surface area contributed by atoms with Crippen LogP contribution in [0.3, 0.4) is 0 Å². The quantitative estimate of drug-likeness (QED) is 0.0634. The molecule has 2 atom stereocenters. The summed E-state index contributed by atoms with van der Waals surface area (Å²) in [6, 6.07) is 33.6. The second-order valence-electron chi connectivity index (χ2n) is 16.1. The molecule has 0 saturated carbocycles. The molecular formula is C50H50N4S6Si. The first-order valence-corrected chi connectivity index (χ1v) is 28.7. The molecule has 0 saturated heterocycles. The zero-order valence-corrected chi connectivity index (χ0v) is 41.6. The maximum absolute atomic E-state index is 9.47. The molecule has 0 aliphatic carbocycles. The van der Waals surface area contributed by atoms with Gasteiger partial charge in [-0.25, -0.2) is 0 Å².